The van der Waals surface area contributed by atoms with Crippen molar-refractivity contribution in [1.29, 1.82) is 0 Å². The Hall–Kier alpha value is -3.98. The van der Waals surface area contributed by atoms with E-state index in [0.29, 0.717) is 37.1 Å². The number of esters is 1. The second-order valence-corrected chi connectivity index (χ2v) is 8.25. The standard InChI is InChI=1S/C20H20ClF5N2O4.C4H4O4/c1-32-19(31)15-12(8-22)28-11(4-2-3-7-27)14(18(29)30)16(15)13-10(23)6-5-9(21)17(13)20(24,25)26;5-3(6)1-2-4(7)8/h5-6,16,28H,2-4,7-8,27H2,1H3,(H,29,30);1-2H,(H,5,6)(H,7,8). The fourth-order valence-corrected chi connectivity index (χ4v) is 4.00. The zero-order chi connectivity index (χ0) is 30.8. The Morgan fingerprint density at radius 3 is 2.05 bits per heavy atom. The first kappa shape index (κ1) is 34.0. The highest BCUT2D eigenvalue weighted by Gasteiger charge is 2.46. The molecule has 1 atom stereocenters. The van der Waals surface area contributed by atoms with Crippen molar-refractivity contribution >= 4 is 35.5 Å². The number of aliphatic carboxylic acids is 3. The molecule has 0 amide bonds. The predicted octanol–water partition coefficient (Wildman–Crippen LogP) is 3.76. The van der Waals surface area contributed by atoms with Gasteiger partial charge >= 0.3 is 30.1 Å². The third-order valence-electron chi connectivity index (χ3n) is 5.26. The molecule has 1 aromatic rings. The maximum absolute atomic E-state index is 14.9. The maximum atomic E-state index is 14.9. The van der Waals surface area contributed by atoms with Crippen LogP contribution in [0.25, 0.3) is 0 Å². The highest BCUT2D eigenvalue weighted by molar-refractivity contribution is 6.31. The molecule has 1 aliphatic rings. The number of alkyl halides is 4. The summed E-state index contributed by atoms with van der Waals surface area (Å²) in [6.45, 7) is -1.13. The number of nitrogens with one attached hydrogen (secondary N) is 1. The van der Waals surface area contributed by atoms with Gasteiger partial charge in [-0.05, 0) is 37.9 Å². The summed E-state index contributed by atoms with van der Waals surface area (Å²) < 4.78 is 74.9. The van der Waals surface area contributed by atoms with Crippen molar-refractivity contribution in [3.05, 3.63) is 68.8 Å². The summed E-state index contributed by atoms with van der Waals surface area (Å²) in [4.78, 5) is 43.7. The molecule has 1 unspecified atom stereocenters. The molecule has 1 heterocycles. The van der Waals surface area contributed by atoms with Gasteiger partial charge in [0, 0.05) is 23.4 Å². The van der Waals surface area contributed by atoms with Gasteiger partial charge in [-0.1, -0.05) is 11.6 Å². The first-order chi connectivity index (χ1) is 18.6. The zero-order valence-corrected chi connectivity index (χ0v) is 21.4. The van der Waals surface area contributed by atoms with Crippen LogP contribution < -0.4 is 11.1 Å². The summed E-state index contributed by atoms with van der Waals surface area (Å²) in [6.07, 6.45) is -3.40. The molecule has 0 saturated heterocycles. The van der Waals surface area contributed by atoms with Gasteiger partial charge in [0.2, 0.25) is 0 Å². The van der Waals surface area contributed by atoms with E-state index in [0.717, 1.165) is 7.11 Å². The van der Waals surface area contributed by atoms with Crippen LogP contribution >= 0.6 is 11.6 Å². The number of halogens is 6. The second kappa shape index (κ2) is 15.0. The molecule has 1 aliphatic heterocycles. The average Bonchev–Trinajstić information content (AvgIpc) is 2.86. The van der Waals surface area contributed by atoms with Crippen molar-refractivity contribution in [2.45, 2.75) is 31.4 Å². The minimum absolute atomic E-state index is 0.0448. The number of carboxylic acid groups (broad SMARTS) is 3. The van der Waals surface area contributed by atoms with Crippen LogP contribution in [0.4, 0.5) is 22.0 Å². The average molecular weight is 599 g/mol. The number of carbonyl (C=O) groups excluding carboxylic acids is 1. The minimum Gasteiger partial charge on any atom is -0.478 e. The lowest BCUT2D eigenvalue weighted by molar-refractivity contribution is -0.140. The van der Waals surface area contributed by atoms with E-state index in [1.807, 2.05) is 0 Å². The molecule has 0 saturated carbocycles. The molecule has 40 heavy (non-hydrogen) atoms. The number of carboxylic acids is 3. The number of unbranched alkanes of at least 4 members (excludes halogenated alkanes) is 1. The number of dihydropyridines is 1. The SMILES string of the molecule is COC(=O)C1=C(CF)NC(CCCCN)=C(C(=O)O)C1c1c(F)ccc(Cl)c1C(F)(F)F.O=C(O)C=CC(=O)O. The van der Waals surface area contributed by atoms with Gasteiger partial charge in [0.15, 0.2) is 0 Å². The van der Waals surface area contributed by atoms with Gasteiger partial charge in [-0.25, -0.2) is 28.0 Å². The number of benzene rings is 1. The monoisotopic (exact) mass is 598 g/mol. The molecule has 10 nitrogen and oxygen atoms in total. The van der Waals surface area contributed by atoms with Gasteiger partial charge in [-0.2, -0.15) is 13.2 Å². The van der Waals surface area contributed by atoms with Gasteiger partial charge in [-0.3, -0.25) is 0 Å². The van der Waals surface area contributed by atoms with Crippen LogP contribution in [-0.2, 0) is 30.1 Å². The fraction of sp³-hybridized carbons (Fsp3) is 0.333. The van der Waals surface area contributed by atoms with E-state index >= 15 is 0 Å². The van der Waals surface area contributed by atoms with Crippen molar-refractivity contribution in [2.75, 3.05) is 20.3 Å². The number of carbonyl (C=O) groups is 4. The molecule has 220 valence electrons. The summed E-state index contributed by atoms with van der Waals surface area (Å²) in [7, 11) is 0.877. The Morgan fingerprint density at radius 2 is 1.62 bits per heavy atom. The maximum Gasteiger partial charge on any atom is 0.418 e. The summed E-state index contributed by atoms with van der Waals surface area (Å²) >= 11 is 5.72. The smallest absolute Gasteiger partial charge is 0.418 e. The van der Waals surface area contributed by atoms with Crippen LogP contribution in [0.3, 0.4) is 0 Å². The number of nitrogens with two attached hydrogens (primary N) is 1. The van der Waals surface area contributed by atoms with Crippen LogP contribution in [-0.4, -0.2) is 59.5 Å². The number of hydrogen-bond donors (Lipinski definition) is 5. The van der Waals surface area contributed by atoms with Crippen LogP contribution in [0.2, 0.25) is 5.02 Å². The third-order valence-corrected chi connectivity index (χ3v) is 5.58. The van der Waals surface area contributed by atoms with Gasteiger partial charge < -0.3 is 31.1 Å². The Labute approximate surface area is 228 Å². The molecule has 0 spiro atoms. The van der Waals surface area contributed by atoms with E-state index in [1.54, 1.807) is 0 Å². The molecule has 0 radical (unpaired) electrons. The first-order valence-electron chi connectivity index (χ1n) is 11.1. The molecule has 2 rings (SSSR count). The summed E-state index contributed by atoms with van der Waals surface area (Å²) in [6, 6.07) is 1.28. The third kappa shape index (κ3) is 8.77. The van der Waals surface area contributed by atoms with Crippen molar-refractivity contribution < 1.29 is 61.2 Å². The molecule has 0 fully saturated rings. The van der Waals surface area contributed by atoms with E-state index in [9.17, 15) is 46.2 Å². The van der Waals surface area contributed by atoms with E-state index < -0.39 is 81.5 Å². The molecular weight excluding hydrogens is 575 g/mol. The number of ether oxygens (including phenoxy) is 1. The zero-order valence-electron chi connectivity index (χ0n) is 20.7. The Bertz CT molecular complexity index is 1230. The Balaban J connectivity index is 0.000000869. The van der Waals surface area contributed by atoms with Crippen LogP contribution in [0.1, 0.15) is 36.3 Å². The highest BCUT2D eigenvalue weighted by Crippen LogP contribution is 2.48. The lowest BCUT2D eigenvalue weighted by Crippen LogP contribution is -2.35. The largest absolute Gasteiger partial charge is 0.478 e. The van der Waals surface area contributed by atoms with Crippen molar-refractivity contribution in [3.8, 4) is 0 Å². The number of hydrogen-bond acceptors (Lipinski definition) is 7. The first-order valence-corrected chi connectivity index (χ1v) is 11.5. The topological polar surface area (TPSA) is 176 Å². The van der Waals surface area contributed by atoms with Crippen molar-refractivity contribution in [2.24, 2.45) is 5.73 Å². The quantitative estimate of drug-likeness (QED) is 0.115. The van der Waals surface area contributed by atoms with Crippen molar-refractivity contribution in [1.82, 2.24) is 5.32 Å². The number of rotatable bonds is 10. The van der Waals surface area contributed by atoms with E-state index in [2.05, 4.69) is 10.1 Å². The minimum atomic E-state index is -5.21. The fourth-order valence-electron chi connectivity index (χ4n) is 3.73. The molecule has 0 aromatic heterocycles. The van der Waals surface area contributed by atoms with Crippen LogP contribution in [0, 0.1) is 5.82 Å². The van der Waals surface area contributed by atoms with Crippen LogP contribution in [0.15, 0.2) is 46.8 Å². The predicted molar refractivity (Wildman–Crippen MR) is 129 cm³/mol. The van der Waals surface area contributed by atoms with Crippen molar-refractivity contribution in [3.63, 3.8) is 0 Å². The van der Waals surface area contributed by atoms with Gasteiger partial charge in [0.05, 0.1) is 40.5 Å². The lowest BCUT2D eigenvalue weighted by Gasteiger charge is -2.32. The van der Waals surface area contributed by atoms with E-state index in [4.69, 9.17) is 27.5 Å². The summed E-state index contributed by atoms with van der Waals surface area (Å²) in [5, 5.41) is 27.0. The Morgan fingerprint density at radius 1 is 1.05 bits per heavy atom. The summed E-state index contributed by atoms with van der Waals surface area (Å²) in [5.41, 5.74) is 0.335. The van der Waals surface area contributed by atoms with Gasteiger partial charge in [0.1, 0.15) is 12.5 Å². The van der Waals surface area contributed by atoms with E-state index in [-0.39, 0.29) is 18.7 Å². The molecule has 16 heteroatoms. The summed E-state index contributed by atoms with van der Waals surface area (Å²) in [5.74, 6) is -9.15. The number of allylic oxidation sites excluding steroid dienone is 2. The number of methoxy groups -OCH3 is 1. The Kier molecular flexibility index (Phi) is 12.7. The van der Waals surface area contributed by atoms with E-state index in [1.165, 1.54) is 0 Å². The second-order valence-electron chi connectivity index (χ2n) is 7.84. The normalized spacial score (nSPS) is 15.3. The lowest BCUT2D eigenvalue weighted by atomic mass is 9.77. The molecule has 0 bridgehead atoms. The van der Waals surface area contributed by atoms with Gasteiger partial charge in [0.25, 0.3) is 0 Å². The molecule has 1 aromatic carbocycles. The van der Waals surface area contributed by atoms with Gasteiger partial charge in [-0.15, -0.1) is 0 Å². The molecule has 0 aliphatic carbocycles. The van der Waals surface area contributed by atoms with Crippen LogP contribution in [0.5, 0.6) is 0 Å². The molecular formula is C24H24ClF5N2O8. The molecule has 6 N–H and O–H groups in total. The highest BCUT2D eigenvalue weighted by atomic mass is 35.5.